The van der Waals surface area contributed by atoms with E-state index in [1.54, 1.807) is 6.20 Å². The molecule has 3 heterocycles. The van der Waals surface area contributed by atoms with E-state index in [1.165, 1.54) is 19.1 Å². The molecule has 2 fully saturated rings. The number of carbonyl (C=O) groups is 1. The Balaban J connectivity index is 1.47. The van der Waals surface area contributed by atoms with Gasteiger partial charge in [0, 0.05) is 30.8 Å². The second-order valence-corrected chi connectivity index (χ2v) is 6.47. The van der Waals surface area contributed by atoms with Crippen LogP contribution >= 0.6 is 0 Å². The predicted molar refractivity (Wildman–Crippen MR) is 81.9 cm³/mol. The minimum atomic E-state index is -0.0506. The highest BCUT2D eigenvalue weighted by Gasteiger charge is 2.51. The smallest absolute Gasteiger partial charge is 0.275 e. The maximum Gasteiger partial charge on any atom is 0.275 e. The summed E-state index contributed by atoms with van der Waals surface area (Å²) < 4.78 is 10.9. The van der Waals surface area contributed by atoms with Gasteiger partial charge in [0.05, 0.1) is 6.61 Å². The monoisotopic (exact) mass is 313 g/mol. The summed E-state index contributed by atoms with van der Waals surface area (Å²) in [5.41, 5.74) is 0.419. The first-order valence-corrected chi connectivity index (χ1v) is 7.98. The van der Waals surface area contributed by atoms with Gasteiger partial charge in [0.2, 0.25) is 5.88 Å². The molecule has 1 saturated carbocycles. The van der Waals surface area contributed by atoms with Gasteiger partial charge >= 0.3 is 0 Å². The molecule has 0 unspecified atom stereocenters. The zero-order chi connectivity index (χ0) is 15.7. The predicted octanol–water partition coefficient (Wildman–Crippen LogP) is 2.39. The molecule has 6 nitrogen and oxygen atoms in total. The molecule has 0 aromatic carbocycles. The van der Waals surface area contributed by atoms with Crippen molar-refractivity contribution in [1.82, 2.24) is 14.9 Å². The lowest BCUT2D eigenvalue weighted by molar-refractivity contribution is 0.0739. The highest BCUT2D eigenvalue weighted by Crippen LogP contribution is 2.49. The van der Waals surface area contributed by atoms with Crippen LogP contribution in [0.25, 0.3) is 0 Å². The molecular formula is C17H19N3O3. The van der Waals surface area contributed by atoms with Gasteiger partial charge in [0.1, 0.15) is 6.26 Å². The fourth-order valence-corrected chi connectivity index (χ4v) is 3.94. The summed E-state index contributed by atoms with van der Waals surface area (Å²) in [6.45, 7) is 2.10. The minimum Gasteiger partial charge on any atom is -0.477 e. The van der Waals surface area contributed by atoms with Crippen LogP contribution in [-0.4, -0.2) is 40.5 Å². The Bertz CT molecular complexity index is 674. The van der Waals surface area contributed by atoms with Gasteiger partial charge in [-0.1, -0.05) is 12.5 Å². The number of fused-ring (bicyclic) bond motifs is 1. The standard InChI is InChI=1S/C17H19N3O3/c21-16(14-9-22-12-19-14)20-8-13-4-3-6-17(13,10-20)11-23-15-5-1-2-7-18-15/h1-2,5,7,9,12-13H,3-4,6,8,10-11H2/t13-,17+/m0/s1. The maximum atomic E-state index is 12.5. The zero-order valence-corrected chi connectivity index (χ0v) is 12.9. The number of oxazole rings is 1. The van der Waals surface area contributed by atoms with Crippen molar-refractivity contribution in [2.24, 2.45) is 11.3 Å². The average molecular weight is 313 g/mol. The lowest BCUT2D eigenvalue weighted by Gasteiger charge is -2.28. The number of amides is 1. The van der Waals surface area contributed by atoms with Gasteiger partial charge in [-0.05, 0) is 24.8 Å². The van der Waals surface area contributed by atoms with Gasteiger partial charge in [0.25, 0.3) is 5.91 Å². The van der Waals surface area contributed by atoms with Crippen molar-refractivity contribution in [1.29, 1.82) is 0 Å². The van der Waals surface area contributed by atoms with E-state index >= 15 is 0 Å². The molecule has 0 radical (unpaired) electrons. The fraction of sp³-hybridized carbons (Fsp3) is 0.471. The number of hydrogen-bond acceptors (Lipinski definition) is 5. The topological polar surface area (TPSA) is 68.5 Å². The van der Waals surface area contributed by atoms with E-state index < -0.39 is 0 Å². The summed E-state index contributed by atoms with van der Waals surface area (Å²) in [6.07, 6.45) is 7.87. The number of nitrogens with zero attached hydrogens (tertiary/aromatic N) is 3. The van der Waals surface area contributed by atoms with Crippen LogP contribution in [0.5, 0.6) is 5.88 Å². The summed E-state index contributed by atoms with van der Waals surface area (Å²) in [7, 11) is 0. The summed E-state index contributed by atoms with van der Waals surface area (Å²) >= 11 is 0. The van der Waals surface area contributed by atoms with E-state index in [0.29, 0.717) is 24.1 Å². The molecule has 0 bridgehead atoms. The van der Waals surface area contributed by atoms with Gasteiger partial charge < -0.3 is 14.1 Å². The Morgan fingerprint density at radius 2 is 2.39 bits per heavy atom. The SMILES string of the molecule is O=C(c1cocn1)N1C[C@@H]2CCC[C@]2(COc2ccccn2)C1. The molecule has 2 aliphatic rings. The van der Waals surface area contributed by atoms with Crippen LogP contribution in [-0.2, 0) is 0 Å². The Morgan fingerprint density at radius 1 is 1.43 bits per heavy atom. The second-order valence-electron chi connectivity index (χ2n) is 6.47. The van der Waals surface area contributed by atoms with Gasteiger partial charge in [-0.15, -0.1) is 0 Å². The second kappa shape index (κ2) is 5.68. The number of hydrogen-bond donors (Lipinski definition) is 0. The van der Waals surface area contributed by atoms with E-state index in [9.17, 15) is 4.79 Å². The van der Waals surface area contributed by atoms with Crippen molar-refractivity contribution >= 4 is 5.91 Å². The summed E-state index contributed by atoms with van der Waals surface area (Å²) in [5.74, 6) is 1.08. The molecule has 2 aromatic heterocycles. The van der Waals surface area contributed by atoms with Crippen LogP contribution in [0, 0.1) is 11.3 Å². The number of carbonyl (C=O) groups excluding carboxylic acids is 1. The van der Waals surface area contributed by atoms with Crippen LogP contribution in [0.2, 0.25) is 0 Å². The number of pyridine rings is 1. The Labute approximate surface area is 134 Å². The van der Waals surface area contributed by atoms with Gasteiger partial charge in [-0.2, -0.15) is 0 Å². The summed E-state index contributed by atoms with van der Waals surface area (Å²) in [4.78, 5) is 22.6. The van der Waals surface area contributed by atoms with E-state index in [0.717, 1.165) is 25.9 Å². The summed E-state index contributed by atoms with van der Waals surface area (Å²) in [6, 6.07) is 5.66. The largest absolute Gasteiger partial charge is 0.477 e. The van der Waals surface area contributed by atoms with Gasteiger partial charge in [-0.25, -0.2) is 9.97 Å². The third kappa shape index (κ3) is 2.58. The number of ether oxygens (including phenoxy) is 1. The summed E-state index contributed by atoms with van der Waals surface area (Å²) in [5, 5.41) is 0. The first-order chi connectivity index (χ1) is 11.3. The molecule has 2 atom stereocenters. The molecule has 1 aliphatic heterocycles. The quantitative estimate of drug-likeness (QED) is 0.867. The molecule has 23 heavy (non-hydrogen) atoms. The van der Waals surface area contributed by atoms with Crippen molar-refractivity contribution in [3.63, 3.8) is 0 Å². The van der Waals surface area contributed by atoms with Gasteiger partial charge in [0.15, 0.2) is 12.1 Å². The molecule has 1 amide bonds. The molecule has 0 spiro atoms. The van der Waals surface area contributed by atoms with Crippen molar-refractivity contribution in [2.45, 2.75) is 19.3 Å². The molecule has 120 valence electrons. The molecule has 1 aliphatic carbocycles. The van der Waals surface area contributed by atoms with Crippen LogP contribution in [0.4, 0.5) is 0 Å². The Hall–Kier alpha value is -2.37. The Morgan fingerprint density at radius 3 is 3.17 bits per heavy atom. The van der Waals surface area contributed by atoms with Crippen molar-refractivity contribution in [2.75, 3.05) is 19.7 Å². The molecule has 0 N–H and O–H groups in total. The minimum absolute atomic E-state index is 0.0386. The maximum absolute atomic E-state index is 12.5. The first-order valence-electron chi connectivity index (χ1n) is 7.98. The van der Waals surface area contributed by atoms with E-state index in [-0.39, 0.29) is 11.3 Å². The highest BCUT2D eigenvalue weighted by molar-refractivity contribution is 5.92. The van der Waals surface area contributed by atoms with Crippen molar-refractivity contribution < 1.29 is 13.9 Å². The van der Waals surface area contributed by atoms with Crippen molar-refractivity contribution in [3.05, 3.63) is 42.7 Å². The van der Waals surface area contributed by atoms with Crippen LogP contribution in [0.1, 0.15) is 29.8 Å². The fourth-order valence-electron chi connectivity index (χ4n) is 3.94. The lowest BCUT2D eigenvalue weighted by atomic mass is 9.81. The van der Waals surface area contributed by atoms with E-state index in [1.807, 2.05) is 23.1 Å². The third-order valence-electron chi connectivity index (χ3n) is 5.12. The first kappa shape index (κ1) is 14.2. The highest BCUT2D eigenvalue weighted by atomic mass is 16.5. The normalized spacial score (nSPS) is 26.3. The molecule has 2 aromatic rings. The number of likely N-dealkylation sites (tertiary alicyclic amines) is 1. The van der Waals surface area contributed by atoms with Crippen LogP contribution in [0.15, 0.2) is 41.5 Å². The Kier molecular flexibility index (Phi) is 3.52. The average Bonchev–Trinajstić information content (AvgIpc) is 3.29. The van der Waals surface area contributed by atoms with Gasteiger partial charge in [-0.3, -0.25) is 4.79 Å². The molecule has 6 heteroatoms. The molecule has 4 rings (SSSR count). The number of aromatic nitrogens is 2. The zero-order valence-electron chi connectivity index (χ0n) is 12.9. The van der Waals surface area contributed by atoms with Crippen LogP contribution in [0.3, 0.4) is 0 Å². The number of rotatable bonds is 4. The molecular weight excluding hydrogens is 294 g/mol. The molecule has 1 saturated heterocycles. The van der Waals surface area contributed by atoms with E-state index in [2.05, 4.69) is 9.97 Å². The van der Waals surface area contributed by atoms with Crippen LogP contribution < -0.4 is 4.74 Å². The van der Waals surface area contributed by atoms with E-state index in [4.69, 9.17) is 9.15 Å². The lowest BCUT2D eigenvalue weighted by Crippen LogP contribution is -2.35. The van der Waals surface area contributed by atoms with Crippen molar-refractivity contribution in [3.8, 4) is 5.88 Å². The third-order valence-corrected chi connectivity index (χ3v) is 5.12.